The van der Waals surface area contributed by atoms with Gasteiger partial charge in [0.15, 0.2) is 5.82 Å². The molecule has 3 aromatic rings. The molecule has 28 heavy (non-hydrogen) atoms. The quantitative estimate of drug-likeness (QED) is 0.675. The first-order chi connectivity index (χ1) is 13.4. The van der Waals surface area contributed by atoms with Crippen molar-refractivity contribution in [3.8, 4) is 11.5 Å². The number of alkyl halides is 3. The largest absolute Gasteiger partial charge is 0.416 e. The first kappa shape index (κ1) is 18.1. The highest BCUT2D eigenvalue weighted by atomic mass is 19.4. The van der Waals surface area contributed by atoms with Crippen LogP contribution in [-0.4, -0.2) is 32.3 Å². The molecule has 3 heterocycles. The lowest BCUT2D eigenvalue weighted by molar-refractivity contribution is -0.137. The summed E-state index contributed by atoms with van der Waals surface area (Å²) in [5.41, 5.74) is 1.80. The first-order valence-corrected chi connectivity index (χ1v) is 8.64. The molecule has 5 nitrogen and oxygen atoms in total. The molecular formula is C20H15F3N4O. The summed E-state index contributed by atoms with van der Waals surface area (Å²) < 4.78 is 38.0. The van der Waals surface area contributed by atoms with Gasteiger partial charge in [-0.25, -0.2) is 9.97 Å². The monoisotopic (exact) mass is 384 g/mol. The maximum absolute atomic E-state index is 12.7. The van der Waals surface area contributed by atoms with Gasteiger partial charge in [-0.3, -0.25) is 9.78 Å². The summed E-state index contributed by atoms with van der Waals surface area (Å²) in [5.74, 6) is 0.218. The molecule has 1 amide bonds. The van der Waals surface area contributed by atoms with E-state index in [1.807, 2.05) is 18.2 Å². The number of pyridine rings is 1. The van der Waals surface area contributed by atoms with Crippen LogP contribution in [0.5, 0.6) is 0 Å². The van der Waals surface area contributed by atoms with E-state index in [4.69, 9.17) is 0 Å². The van der Waals surface area contributed by atoms with Crippen molar-refractivity contribution in [2.75, 3.05) is 6.54 Å². The Hall–Kier alpha value is -3.29. The highest BCUT2D eigenvalue weighted by Gasteiger charge is 2.31. The number of halogens is 3. The van der Waals surface area contributed by atoms with E-state index in [0.29, 0.717) is 31.0 Å². The Kier molecular flexibility index (Phi) is 4.54. The van der Waals surface area contributed by atoms with E-state index in [9.17, 15) is 18.0 Å². The Bertz CT molecular complexity index is 1000. The number of hydrogen-bond donors (Lipinski definition) is 0. The van der Waals surface area contributed by atoms with Crippen LogP contribution in [0.2, 0.25) is 0 Å². The van der Waals surface area contributed by atoms with Crippen molar-refractivity contribution >= 4 is 5.91 Å². The summed E-state index contributed by atoms with van der Waals surface area (Å²) in [5, 5.41) is 0. The third-order valence-electron chi connectivity index (χ3n) is 4.57. The van der Waals surface area contributed by atoms with Gasteiger partial charge < -0.3 is 4.90 Å². The molecule has 142 valence electrons. The molecule has 1 aliphatic rings. The van der Waals surface area contributed by atoms with Crippen LogP contribution in [0.25, 0.3) is 11.5 Å². The maximum Gasteiger partial charge on any atom is 0.416 e. The zero-order chi connectivity index (χ0) is 19.7. The van der Waals surface area contributed by atoms with Gasteiger partial charge >= 0.3 is 6.18 Å². The van der Waals surface area contributed by atoms with Crippen LogP contribution in [-0.2, 0) is 19.1 Å². The lowest BCUT2D eigenvalue weighted by Crippen LogP contribution is -2.36. The topological polar surface area (TPSA) is 59.0 Å². The van der Waals surface area contributed by atoms with Crippen molar-refractivity contribution in [2.45, 2.75) is 19.1 Å². The highest BCUT2D eigenvalue weighted by Crippen LogP contribution is 2.29. The normalized spacial score (nSPS) is 13.9. The fraction of sp³-hybridized carbons (Fsp3) is 0.200. The van der Waals surface area contributed by atoms with E-state index in [0.717, 1.165) is 23.4 Å². The fourth-order valence-corrected chi connectivity index (χ4v) is 3.09. The molecule has 2 aromatic heterocycles. The van der Waals surface area contributed by atoms with E-state index in [-0.39, 0.29) is 11.5 Å². The average Bonchev–Trinajstić information content (AvgIpc) is 2.72. The van der Waals surface area contributed by atoms with Crippen molar-refractivity contribution in [1.82, 2.24) is 19.9 Å². The van der Waals surface area contributed by atoms with Crippen molar-refractivity contribution in [2.24, 2.45) is 0 Å². The summed E-state index contributed by atoms with van der Waals surface area (Å²) in [7, 11) is 0. The number of carbonyl (C=O) groups excluding carboxylic acids is 1. The Morgan fingerprint density at radius 1 is 1.04 bits per heavy atom. The predicted octanol–water partition coefficient (Wildman–Crippen LogP) is 3.76. The second kappa shape index (κ2) is 7.03. The van der Waals surface area contributed by atoms with Crippen molar-refractivity contribution in [3.63, 3.8) is 0 Å². The predicted molar refractivity (Wildman–Crippen MR) is 95.2 cm³/mol. The zero-order valence-electron chi connectivity index (χ0n) is 14.6. The van der Waals surface area contributed by atoms with Gasteiger partial charge in [0.25, 0.3) is 5.91 Å². The Morgan fingerprint density at radius 2 is 1.82 bits per heavy atom. The third kappa shape index (κ3) is 3.58. The number of aromatic nitrogens is 3. The van der Waals surface area contributed by atoms with E-state index in [2.05, 4.69) is 15.0 Å². The minimum absolute atomic E-state index is 0.225. The molecule has 0 bridgehead atoms. The van der Waals surface area contributed by atoms with Crippen LogP contribution in [0.1, 0.15) is 27.2 Å². The van der Waals surface area contributed by atoms with E-state index in [1.165, 1.54) is 12.1 Å². The summed E-state index contributed by atoms with van der Waals surface area (Å²) in [6.45, 7) is 0.753. The molecule has 1 aliphatic heterocycles. The van der Waals surface area contributed by atoms with Crippen LogP contribution in [0.15, 0.2) is 54.9 Å². The van der Waals surface area contributed by atoms with Crippen LogP contribution in [0.3, 0.4) is 0 Å². The molecular weight excluding hydrogens is 369 g/mol. The molecule has 0 atom stereocenters. The minimum Gasteiger partial charge on any atom is -0.334 e. The van der Waals surface area contributed by atoms with Gasteiger partial charge in [0, 0.05) is 43.0 Å². The molecule has 8 heteroatoms. The molecule has 0 spiro atoms. The molecule has 0 unspecified atom stereocenters. The molecule has 0 N–H and O–H groups in total. The highest BCUT2D eigenvalue weighted by molar-refractivity contribution is 5.94. The van der Waals surface area contributed by atoms with Crippen molar-refractivity contribution in [3.05, 3.63) is 77.2 Å². The lowest BCUT2D eigenvalue weighted by atomic mass is 10.0. The average molecular weight is 384 g/mol. The molecule has 1 aromatic carbocycles. The zero-order valence-corrected chi connectivity index (χ0v) is 14.6. The van der Waals surface area contributed by atoms with Crippen LogP contribution < -0.4 is 0 Å². The number of carbonyl (C=O) groups is 1. The number of amides is 1. The molecule has 0 radical (unpaired) electrons. The second-order valence-electron chi connectivity index (χ2n) is 6.43. The third-order valence-corrected chi connectivity index (χ3v) is 4.57. The van der Waals surface area contributed by atoms with Gasteiger partial charge in [-0.2, -0.15) is 13.2 Å². The Balaban J connectivity index is 1.51. The van der Waals surface area contributed by atoms with E-state index < -0.39 is 11.7 Å². The first-order valence-electron chi connectivity index (χ1n) is 8.64. The second-order valence-corrected chi connectivity index (χ2v) is 6.43. The van der Waals surface area contributed by atoms with E-state index >= 15 is 0 Å². The standard InChI is InChI=1S/C20H15F3N4O/c21-20(22,23)15-6-4-13(5-7-15)19(28)27-10-8-16-14(12-27)11-25-18(26-16)17-3-1-2-9-24-17/h1-7,9,11H,8,10,12H2. The van der Waals surface area contributed by atoms with Crippen LogP contribution in [0.4, 0.5) is 13.2 Å². The van der Waals surface area contributed by atoms with Gasteiger partial charge in [0.1, 0.15) is 5.69 Å². The van der Waals surface area contributed by atoms with Crippen molar-refractivity contribution in [1.29, 1.82) is 0 Å². The Labute approximate surface area is 158 Å². The Morgan fingerprint density at radius 3 is 2.50 bits per heavy atom. The number of hydrogen-bond acceptors (Lipinski definition) is 4. The van der Waals surface area contributed by atoms with Crippen LogP contribution in [0, 0.1) is 0 Å². The SMILES string of the molecule is O=C(c1ccc(C(F)(F)F)cc1)N1CCc2nc(-c3ccccn3)ncc2C1. The molecule has 0 aliphatic carbocycles. The summed E-state index contributed by atoms with van der Waals surface area (Å²) in [6.07, 6.45) is -0.528. The number of fused-ring (bicyclic) bond motifs is 1. The van der Waals surface area contributed by atoms with Gasteiger partial charge in [0.05, 0.1) is 11.3 Å². The number of rotatable bonds is 2. The van der Waals surface area contributed by atoms with Gasteiger partial charge in [-0.05, 0) is 36.4 Å². The molecule has 0 saturated heterocycles. The number of nitrogens with zero attached hydrogens (tertiary/aromatic N) is 4. The van der Waals surface area contributed by atoms with Gasteiger partial charge in [-0.15, -0.1) is 0 Å². The lowest BCUT2D eigenvalue weighted by Gasteiger charge is -2.28. The van der Waals surface area contributed by atoms with Crippen LogP contribution >= 0.6 is 0 Å². The maximum atomic E-state index is 12.7. The molecule has 0 fully saturated rings. The number of benzene rings is 1. The summed E-state index contributed by atoms with van der Waals surface area (Å²) >= 11 is 0. The van der Waals surface area contributed by atoms with Crippen molar-refractivity contribution < 1.29 is 18.0 Å². The smallest absolute Gasteiger partial charge is 0.334 e. The van der Waals surface area contributed by atoms with Gasteiger partial charge in [0.2, 0.25) is 0 Å². The fourth-order valence-electron chi connectivity index (χ4n) is 3.09. The summed E-state index contributed by atoms with van der Waals surface area (Å²) in [6, 6.07) is 9.76. The summed E-state index contributed by atoms with van der Waals surface area (Å²) in [4.78, 5) is 27.4. The molecule has 0 saturated carbocycles. The molecule has 4 rings (SSSR count). The van der Waals surface area contributed by atoms with E-state index in [1.54, 1.807) is 17.3 Å². The van der Waals surface area contributed by atoms with Gasteiger partial charge in [-0.1, -0.05) is 6.07 Å². The minimum atomic E-state index is -4.42.